The van der Waals surface area contributed by atoms with Crippen LogP contribution in [0, 0.1) is 0 Å². The summed E-state index contributed by atoms with van der Waals surface area (Å²) in [6.45, 7) is 3.91. The molecule has 0 spiro atoms. The molecule has 1 atom stereocenters. The first-order valence-corrected chi connectivity index (χ1v) is 10.4. The van der Waals surface area contributed by atoms with Gasteiger partial charge >= 0.3 is 12.0 Å². The zero-order chi connectivity index (χ0) is 20.8. The van der Waals surface area contributed by atoms with E-state index in [1.807, 2.05) is 6.92 Å². The number of phenols is 1. The van der Waals surface area contributed by atoms with E-state index in [0.29, 0.717) is 29.2 Å². The third-order valence-corrected chi connectivity index (χ3v) is 5.43. The van der Waals surface area contributed by atoms with E-state index in [0.717, 1.165) is 25.7 Å². The predicted molar refractivity (Wildman–Crippen MR) is 109 cm³/mol. The molecule has 1 aliphatic heterocycles. The van der Waals surface area contributed by atoms with Crippen LogP contribution in [0.25, 0.3) is 0 Å². The van der Waals surface area contributed by atoms with Crippen molar-refractivity contribution in [2.75, 3.05) is 6.61 Å². The van der Waals surface area contributed by atoms with Gasteiger partial charge in [-0.2, -0.15) is 0 Å². The lowest BCUT2D eigenvalue weighted by atomic mass is 9.94. The van der Waals surface area contributed by atoms with Gasteiger partial charge in [0, 0.05) is 5.70 Å². The van der Waals surface area contributed by atoms with Crippen molar-refractivity contribution in [3.63, 3.8) is 0 Å². The fourth-order valence-electron chi connectivity index (χ4n) is 3.95. The molecular weight excluding hydrogens is 372 g/mol. The molecule has 1 saturated carbocycles. The molecule has 1 aliphatic carbocycles. The molecule has 0 bridgehead atoms. The molecule has 3 rings (SSSR count). The number of amides is 2. The van der Waals surface area contributed by atoms with Gasteiger partial charge in [-0.1, -0.05) is 25.3 Å². The van der Waals surface area contributed by atoms with Crippen LogP contribution in [0.1, 0.15) is 70.4 Å². The smallest absolute Gasteiger partial charge is 0.338 e. The molecule has 1 aromatic rings. The Morgan fingerprint density at radius 3 is 2.55 bits per heavy atom. The molecule has 0 saturated heterocycles. The van der Waals surface area contributed by atoms with Crippen LogP contribution in [-0.2, 0) is 9.53 Å². The van der Waals surface area contributed by atoms with E-state index < -0.39 is 12.0 Å². The number of phenolic OH excluding ortho intramolecular Hbond substituents is 1. The maximum atomic E-state index is 13.1. The monoisotopic (exact) mass is 402 g/mol. The Morgan fingerprint density at radius 1 is 1.17 bits per heavy atom. The van der Waals surface area contributed by atoms with Gasteiger partial charge in [0.2, 0.25) is 0 Å². The van der Waals surface area contributed by atoms with Gasteiger partial charge in [-0.3, -0.25) is 0 Å². The van der Waals surface area contributed by atoms with Crippen LogP contribution < -0.4 is 15.4 Å². The number of esters is 1. The Hall–Kier alpha value is -2.70. The van der Waals surface area contributed by atoms with Gasteiger partial charge in [-0.05, 0) is 57.2 Å². The van der Waals surface area contributed by atoms with Crippen molar-refractivity contribution in [1.29, 1.82) is 0 Å². The zero-order valence-corrected chi connectivity index (χ0v) is 17.1. The average Bonchev–Trinajstić information content (AvgIpc) is 2.65. The van der Waals surface area contributed by atoms with Crippen molar-refractivity contribution >= 4 is 12.0 Å². The fraction of sp³-hybridized carbons (Fsp3) is 0.545. The van der Waals surface area contributed by atoms with Crippen molar-refractivity contribution in [2.24, 2.45) is 0 Å². The number of ether oxygens (including phenoxy) is 2. The highest BCUT2D eigenvalue weighted by Crippen LogP contribution is 2.34. The second-order valence-corrected chi connectivity index (χ2v) is 7.60. The lowest BCUT2D eigenvalue weighted by Gasteiger charge is -2.30. The summed E-state index contributed by atoms with van der Waals surface area (Å²) in [5, 5.41) is 15.4. The van der Waals surface area contributed by atoms with Gasteiger partial charge in [0.25, 0.3) is 0 Å². The third kappa shape index (κ3) is 5.22. The second kappa shape index (κ2) is 9.67. The SMILES string of the molecule is CCOc1cc([C@@H]2NC(=O)NC(C)=C2C(=O)OC2CCCCCCC2)ccc1O. The van der Waals surface area contributed by atoms with Crippen LogP contribution in [0.5, 0.6) is 11.5 Å². The standard InChI is InChI=1S/C22H30N2O5/c1-3-28-18-13-15(11-12-17(18)25)20-19(14(2)23-22(27)24-20)21(26)29-16-9-7-5-4-6-8-10-16/h11-13,16,20,25H,3-10H2,1-2H3,(H2,23,24,27)/t20-/m0/s1. The van der Waals surface area contributed by atoms with Crippen molar-refractivity contribution in [3.05, 3.63) is 35.0 Å². The Bertz CT molecular complexity index is 781. The Balaban J connectivity index is 1.85. The molecule has 1 heterocycles. The van der Waals surface area contributed by atoms with Crippen LogP contribution >= 0.6 is 0 Å². The molecule has 1 aromatic carbocycles. The molecule has 0 radical (unpaired) electrons. The van der Waals surface area contributed by atoms with E-state index in [4.69, 9.17) is 9.47 Å². The normalized spacial score (nSPS) is 20.9. The molecular formula is C22H30N2O5. The lowest BCUT2D eigenvalue weighted by Crippen LogP contribution is -2.45. The molecule has 7 heteroatoms. The number of aromatic hydroxyl groups is 1. The number of rotatable bonds is 5. The fourth-order valence-corrected chi connectivity index (χ4v) is 3.95. The third-order valence-electron chi connectivity index (χ3n) is 5.43. The van der Waals surface area contributed by atoms with Crippen LogP contribution in [-0.4, -0.2) is 29.8 Å². The van der Waals surface area contributed by atoms with Gasteiger partial charge in [0.05, 0.1) is 18.2 Å². The molecule has 0 unspecified atom stereocenters. The van der Waals surface area contributed by atoms with Crippen LogP contribution in [0.15, 0.2) is 29.5 Å². The second-order valence-electron chi connectivity index (χ2n) is 7.60. The van der Waals surface area contributed by atoms with Crippen molar-refractivity contribution in [1.82, 2.24) is 10.6 Å². The number of urea groups is 1. The van der Waals surface area contributed by atoms with E-state index in [1.54, 1.807) is 19.1 Å². The molecule has 2 amide bonds. The number of hydrogen-bond acceptors (Lipinski definition) is 5. The van der Waals surface area contributed by atoms with E-state index in [1.165, 1.54) is 25.3 Å². The molecule has 29 heavy (non-hydrogen) atoms. The Morgan fingerprint density at radius 2 is 1.86 bits per heavy atom. The Kier molecular flexibility index (Phi) is 7.01. The summed E-state index contributed by atoms with van der Waals surface area (Å²) < 4.78 is 11.3. The summed E-state index contributed by atoms with van der Waals surface area (Å²) in [5.41, 5.74) is 1.49. The molecule has 7 nitrogen and oxygen atoms in total. The number of benzene rings is 1. The van der Waals surface area contributed by atoms with Crippen molar-refractivity contribution in [2.45, 2.75) is 70.9 Å². The highest BCUT2D eigenvalue weighted by atomic mass is 16.5. The van der Waals surface area contributed by atoms with Crippen molar-refractivity contribution in [3.8, 4) is 11.5 Å². The number of carbonyl (C=O) groups is 2. The maximum Gasteiger partial charge on any atom is 0.338 e. The van der Waals surface area contributed by atoms with E-state index in [-0.39, 0.29) is 17.9 Å². The maximum absolute atomic E-state index is 13.1. The molecule has 0 aromatic heterocycles. The predicted octanol–water partition coefficient (Wildman–Crippen LogP) is 4.07. The van der Waals surface area contributed by atoms with Crippen LogP contribution in [0.2, 0.25) is 0 Å². The van der Waals surface area contributed by atoms with Crippen molar-refractivity contribution < 1.29 is 24.2 Å². The minimum absolute atomic E-state index is 0.00945. The highest BCUT2D eigenvalue weighted by molar-refractivity contribution is 5.95. The number of hydrogen-bond donors (Lipinski definition) is 3. The Labute approximate surface area is 171 Å². The molecule has 1 fully saturated rings. The first-order valence-electron chi connectivity index (χ1n) is 10.4. The highest BCUT2D eigenvalue weighted by Gasteiger charge is 2.33. The first kappa shape index (κ1) is 21.0. The quantitative estimate of drug-likeness (QED) is 0.645. The first-order chi connectivity index (χ1) is 14.0. The number of carbonyl (C=O) groups excluding carboxylic acids is 2. The molecule has 2 aliphatic rings. The van der Waals surface area contributed by atoms with Gasteiger partial charge in [0.1, 0.15) is 6.10 Å². The largest absolute Gasteiger partial charge is 0.504 e. The topological polar surface area (TPSA) is 96.9 Å². The summed E-state index contributed by atoms with van der Waals surface area (Å²) in [6, 6.07) is 3.75. The molecule has 158 valence electrons. The van der Waals surface area contributed by atoms with Gasteiger partial charge in [-0.15, -0.1) is 0 Å². The van der Waals surface area contributed by atoms with Gasteiger partial charge in [0.15, 0.2) is 11.5 Å². The summed E-state index contributed by atoms with van der Waals surface area (Å²) >= 11 is 0. The summed E-state index contributed by atoms with van der Waals surface area (Å²) in [6.07, 6.45) is 7.35. The average molecular weight is 402 g/mol. The number of nitrogens with one attached hydrogen (secondary N) is 2. The summed E-state index contributed by atoms with van der Waals surface area (Å²) in [7, 11) is 0. The number of allylic oxidation sites excluding steroid dienone is 1. The summed E-state index contributed by atoms with van der Waals surface area (Å²) in [5.74, 6) is -0.102. The zero-order valence-electron chi connectivity index (χ0n) is 17.1. The van der Waals surface area contributed by atoms with Crippen LogP contribution in [0.3, 0.4) is 0 Å². The minimum Gasteiger partial charge on any atom is -0.504 e. The lowest BCUT2D eigenvalue weighted by molar-refractivity contribution is -0.145. The molecule has 3 N–H and O–H groups in total. The van der Waals surface area contributed by atoms with Gasteiger partial charge in [-0.25, -0.2) is 9.59 Å². The van der Waals surface area contributed by atoms with Gasteiger partial charge < -0.3 is 25.2 Å². The van der Waals surface area contributed by atoms with E-state index in [2.05, 4.69) is 10.6 Å². The van der Waals surface area contributed by atoms with E-state index in [9.17, 15) is 14.7 Å². The minimum atomic E-state index is -0.676. The van der Waals surface area contributed by atoms with Crippen LogP contribution in [0.4, 0.5) is 4.79 Å². The van der Waals surface area contributed by atoms with E-state index >= 15 is 0 Å². The summed E-state index contributed by atoms with van der Waals surface area (Å²) in [4.78, 5) is 25.2.